The van der Waals surface area contributed by atoms with Gasteiger partial charge in [-0.25, -0.2) is 13.2 Å². The Kier molecular flexibility index (Phi) is 5.42. The van der Waals surface area contributed by atoms with Crippen LogP contribution in [0, 0.1) is 0 Å². The molecule has 0 radical (unpaired) electrons. The number of hydrogen-bond acceptors (Lipinski definition) is 4. The van der Waals surface area contributed by atoms with Crippen molar-refractivity contribution in [1.29, 1.82) is 0 Å². The van der Waals surface area contributed by atoms with Crippen molar-refractivity contribution in [3.8, 4) is 0 Å². The molecule has 1 atom stereocenters. The van der Waals surface area contributed by atoms with Gasteiger partial charge in [-0.15, -0.1) is 0 Å². The van der Waals surface area contributed by atoms with Gasteiger partial charge in [0.1, 0.15) is 0 Å². The van der Waals surface area contributed by atoms with E-state index in [4.69, 9.17) is 4.74 Å². The Labute approximate surface area is 131 Å². The van der Waals surface area contributed by atoms with Gasteiger partial charge >= 0.3 is 6.03 Å². The minimum absolute atomic E-state index is 0.104. The number of nitrogens with one attached hydrogen (secondary N) is 1. The van der Waals surface area contributed by atoms with Crippen molar-refractivity contribution in [3.63, 3.8) is 0 Å². The zero-order chi connectivity index (χ0) is 16.2. The van der Waals surface area contributed by atoms with Gasteiger partial charge in [0.15, 0.2) is 9.84 Å². The van der Waals surface area contributed by atoms with Crippen molar-refractivity contribution in [2.24, 2.45) is 0 Å². The molecule has 6 nitrogen and oxygen atoms in total. The lowest BCUT2D eigenvalue weighted by atomic mass is 10.2. The maximum absolute atomic E-state index is 12.3. The van der Waals surface area contributed by atoms with Crippen LogP contribution in [-0.4, -0.2) is 51.4 Å². The fourth-order valence-electron chi connectivity index (χ4n) is 2.48. The Morgan fingerprint density at radius 1 is 1.36 bits per heavy atom. The Balaban J connectivity index is 2.05. The summed E-state index contributed by atoms with van der Waals surface area (Å²) in [5.41, 5.74) is 0.595. The van der Waals surface area contributed by atoms with Crippen LogP contribution in [0.15, 0.2) is 29.2 Å². The molecule has 2 amide bonds. The van der Waals surface area contributed by atoms with E-state index in [9.17, 15) is 13.2 Å². The van der Waals surface area contributed by atoms with Gasteiger partial charge in [0.25, 0.3) is 0 Å². The second kappa shape index (κ2) is 7.11. The van der Waals surface area contributed by atoms with E-state index in [1.54, 1.807) is 29.2 Å². The van der Waals surface area contributed by atoms with Gasteiger partial charge in [0.2, 0.25) is 0 Å². The zero-order valence-electron chi connectivity index (χ0n) is 12.9. The lowest BCUT2D eigenvalue weighted by Crippen LogP contribution is -2.45. The van der Waals surface area contributed by atoms with Gasteiger partial charge in [0, 0.05) is 32.0 Å². The quantitative estimate of drug-likeness (QED) is 0.911. The van der Waals surface area contributed by atoms with E-state index >= 15 is 0 Å². The molecule has 122 valence electrons. The van der Waals surface area contributed by atoms with Gasteiger partial charge in [-0.3, -0.25) is 0 Å². The van der Waals surface area contributed by atoms with E-state index in [-0.39, 0.29) is 23.5 Å². The van der Waals surface area contributed by atoms with Crippen molar-refractivity contribution in [3.05, 3.63) is 29.8 Å². The monoisotopic (exact) mass is 326 g/mol. The lowest BCUT2D eigenvalue weighted by molar-refractivity contribution is 0.142. The Morgan fingerprint density at radius 3 is 2.82 bits per heavy atom. The Hall–Kier alpha value is -1.60. The van der Waals surface area contributed by atoms with Crippen molar-refractivity contribution in [2.45, 2.75) is 30.8 Å². The summed E-state index contributed by atoms with van der Waals surface area (Å²) < 4.78 is 28.9. The summed E-state index contributed by atoms with van der Waals surface area (Å²) in [6.45, 7) is 3.89. The van der Waals surface area contributed by atoms with Crippen LogP contribution in [0.4, 0.5) is 4.79 Å². The molecule has 1 N–H and O–H groups in total. The first kappa shape index (κ1) is 16.8. The summed E-state index contributed by atoms with van der Waals surface area (Å²) >= 11 is 0. The predicted molar refractivity (Wildman–Crippen MR) is 83.4 cm³/mol. The van der Waals surface area contributed by atoms with Crippen molar-refractivity contribution < 1.29 is 17.9 Å². The molecule has 1 fully saturated rings. The topological polar surface area (TPSA) is 75.7 Å². The number of carbonyl (C=O) groups is 1. The second-order valence-corrected chi connectivity index (χ2v) is 7.47. The smallest absolute Gasteiger partial charge is 0.317 e. The number of hydrogen-bond donors (Lipinski definition) is 1. The number of carbonyl (C=O) groups excluding carboxylic acids is 1. The normalized spacial score (nSPS) is 19.5. The first-order valence-corrected chi connectivity index (χ1v) is 9.19. The molecular formula is C15H22N2O4S. The minimum Gasteiger partial charge on any atom is -0.380 e. The fraction of sp³-hybridized carbons (Fsp3) is 0.533. The molecule has 0 aromatic heterocycles. The number of nitrogens with zero attached hydrogens (tertiary/aromatic N) is 1. The number of amides is 2. The Bertz CT molecular complexity index is 630. The Morgan fingerprint density at radius 2 is 2.09 bits per heavy atom. The van der Waals surface area contributed by atoms with Crippen LogP contribution in [-0.2, 0) is 21.1 Å². The van der Waals surface area contributed by atoms with Crippen molar-refractivity contribution in [1.82, 2.24) is 10.2 Å². The van der Waals surface area contributed by atoms with Gasteiger partial charge in [0.05, 0.1) is 11.5 Å². The van der Waals surface area contributed by atoms with Crippen LogP contribution in [0.2, 0.25) is 0 Å². The van der Waals surface area contributed by atoms with Gasteiger partial charge in [-0.2, -0.15) is 0 Å². The van der Waals surface area contributed by atoms with Crippen LogP contribution in [0.1, 0.15) is 18.9 Å². The van der Waals surface area contributed by atoms with Crippen LogP contribution in [0.3, 0.4) is 0 Å². The number of rotatable bonds is 3. The molecule has 1 aromatic rings. The summed E-state index contributed by atoms with van der Waals surface area (Å²) in [7, 11) is -3.31. The number of benzene rings is 1. The average Bonchev–Trinajstić information content (AvgIpc) is 2.69. The third kappa shape index (κ3) is 4.20. The van der Waals surface area contributed by atoms with E-state index in [0.717, 1.165) is 6.42 Å². The molecule has 0 spiro atoms. The highest BCUT2D eigenvalue weighted by Gasteiger charge is 2.22. The largest absolute Gasteiger partial charge is 0.380 e. The zero-order valence-corrected chi connectivity index (χ0v) is 13.7. The van der Waals surface area contributed by atoms with E-state index in [0.29, 0.717) is 25.3 Å². The van der Waals surface area contributed by atoms with E-state index < -0.39 is 9.84 Å². The summed E-state index contributed by atoms with van der Waals surface area (Å²) in [6, 6.07) is 6.62. The predicted octanol–water partition coefficient (Wildman–Crippen LogP) is 1.41. The van der Waals surface area contributed by atoms with Crippen LogP contribution >= 0.6 is 0 Å². The number of sulfone groups is 1. The van der Waals surface area contributed by atoms with E-state index in [2.05, 4.69) is 5.32 Å². The fourth-order valence-corrected chi connectivity index (χ4v) is 3.42. The highest BCUT2D eigenvalue weighted by Crippen LogP contribution is 2.15. The molecule has 1 aliphatic rings. The van der Waals surface area contributed by atoms with Gasteiger partial charge in [-0.05, 0) is 25.0 Å². The standard InChI is InChI=1S/C15H22N2O4S/c1-12-7-9-21-10-8-17(12)15(18)16-11-13-5-3-4-6-14(13)22(2,19)20/h3-6,12H,7-11H2,1-2H3,(H,16,18). The van der Waals surface area contributed by atoms with Crippen LogP contribution < -0.4 is 5.32 Å². The van der Waals surface area contributed by atoms with E-state index in [1.165, 1.54) is 6.26 Å². The molecular weight excluding hydrogens is 304 g/mol. The molecule has 1 aromatic carbocycles. The molecule has 1 saturated heterocycles. The second-order valence-electron chi connectivity index (χ2n) is 5.48. The van der Waals surface area contributed by atoms with Crippen molar-refractivity contribution in [2.75, 3.05) is 26.0 Å². The highest BCUT2D eigenvalue weighted by atomic mass is 32.2. The number of urea groups is 1. The molecule has 22 heavy (non-hydrogen) atoms. The third-order valence-electron chi connectivity index (χ3n) is 3.75. The minimum atomic E-state index is -3.31. The number of ether oxygens (including phenoxy) is 1. The molecule has 0 bridgehead atoms. The van der Waals surface area contributed by atoms with E-state index in [1.807, 2.05) is 6.92 Å². The maximum Gasteiger partial charge on any atom is 0.317 e. The molecule has 0 saturated carbocycles. The molecule has 1 unspecified atom stereocenters. The summed E-state index contributed by atoms with van der Waals surface area (Å²) in [4.78, 5) is 14.3. The molecule has 7 heteroatoms. The molecule has 0 aliphatic carbocycles. The first-order valence-electron chi connectivity index (χ1n) is 7.30. The SMILES string of the molecule is CC1CCOCCN1C(=O)NCc1ccccc1S(C)(=O)=O. The van der Waals surface area contributed by atoms with Gasteiger partial charge in [-0.1, -0.05) is 18.2 Å². The highest BCUT2D eigenvalue weighted by molar-refractivity contribution is 7.90. The van der Waals surface area contributed by atoms with Gasteiger partial charge < -0.3 is 15.0 Å². The van der Waals surface area contributed by atoms with Crippen LogP contribution in [0.5, 0.6) is 0 Å². The first-order chi connectivity index (χ1) is 10.4. The molecule has 1 heterocycles. The summed E-state index contributed by atoms with van der Waals surface area (Å²) in [5, 5.41) is 2.81. The molecule has 1 aliphatic heterocycles. The van der Waals surface area contributed by atoms with Crippen molar-refractivity contribution >= 4 is 15.9 Å². The molecule has 2 rings (SSSR count). The van der Waals surface area contributed by atoms with Crippen LogP contribution in [0.25, 0.3) is 0 Å². The average molecular weight is 326 g/mol. The lowest BCUT2D eigenvalue weighted by Gasteiger charge is -2.26. The maximum atomic E-state index is 12.3. The summed E-state index contributed by atoms with van der Waals surface area (Å²) in [5.74, 6) is 0. The third-order valence-corrected chi connectivity index (χ3v) is 4.95. The summed E-state index contributed by atoms with van der Waals surface area (Å²) in [6.07, 6.45) is 1.97.